The van der Waals surface area contributed by atoms with E-state index in [4.69, 9.17) is 15.9 Å². The van der Waals surface area contributed by atoms with Crippen LogP contribution in [0.15, 0.2) is 0 Å². The predicted molar refractivity (Wildman–Crippen MR) is 49.2 cm³/mol. The van der Waals surface area contributed by atoms with Gasteiger partial charge >= 0.3 is 5.97 Å². The molecule has 0 fully saturated rings. The maximum atomic E-state index is 10.5. The molecule has 0 saturated heterocycles. The van der Waals surface area contributed by atoms with Crippen molar-refractivity contribution < 1.29 is 15.0 Å². The number of carboxylic acid groups (broad SMARTS) is 1. The lowest BCUT2D eigenvalue weighted by Crippen LogP contribution is -2.47. The molecule has 0 aromatic heterocycles. The van der Waals surface area contributed by atoms with Gasteiger partial charge in [0.1, 0.15) is 6.04 Å². The van der Waals surface area contributed by atoms with Crippen LogP contribution in [0.2, 0.25) is 0 Å². The fraction of sp³-hybridized carbons (Fsp3) is 0.857. The number of hydrogen-bond acceptors (Lipinski definition) is 4. The molecule has 0 unspecified atom stereocenters. The lowest BCUT2D eigenvalue weighted by atomic mass is 10.1. The standard InChI is InChI=1S/C7H15NO3S/c1-7(2,12-4-3-9)5(8)6(10)11/h5,9H,3-4,8H2,1-2H3,(H,10,11)/t5-/m1/s1. The second kappa shape index (κ2) is 4.69. The summed E-state index contributed by atoms with van der Waals surface area (Å²) in [5.74, 6) is -0.501. The van der Waals surface area contributed by atoms with E-state index in [9.17, 15) is 4.79 Å². The Morgan fingerprint density at radius 2 is 2.17 bits per heavy atom. The van der Waals surface area contributed by atoms with Gasteiger partial charge in [-0.25, -0.2) is 0 Å². The zero-order valence-corrected chi connectivity index (χ0v) is 8.10. The molecule has 0 amide bonds. The summed E-state index contributed by atoms with van der Waals surface area (Å²) < 4.78 is -0.533. The molecule has 0 aliphatic rings. The number of aliphatic carboxylic acids is 1. The van der Waals surface area contributed by atoms with Gasteiger partial charge in [-0.3, -0.25) is 4.79 Å². The van der Waals surface area contributed by atoms with Crippen LogP contribution in [0.4, 0.5) is 0 Å². The van der Waals surface area contributed by atoms with E-state index in [0.29, 0.717) is 5.75 Å². The average Bonchev–Trinajstić information content (AvgIpc) is 1.99. The molecule has 0 heterocycles. The van der Waals surface area contributed by atoms with Crippen molar-refractivity contribution in [3.63, 3.8) is 0 Å². The van der Waals surface area contributed by atoms with Crippen LogP contribution >= 0.6 is 11.8 Å². The summed E-state index contributed by atoms with van der Waals surface area (Å²) in [6.45, 7) is 3.55. The molecular formula is C7H15NO3S. The molecule has 0 saturated carbocycles. The summed E-state index contributed by atoms with van der Waals surface area (Å²) in [7, 11) is 0. The van der Waals surface area contributed by atoms with Crippen LogP contribution in [0.5, 0.6) is 0 Å². The minimum Gasteiger partial charge on any atom is -0.480 e. The van der Waals surface area contributed by atoms with Crippen LogP contribution in [0.25, 0.3) is 0 Å². The summed E-state index contributed by atoms with van der Waals surface area (Å²) >= 11 is 1.36. The van der Waals surface area contributed by atoms with Crippen LogP contribution in [0.1, 0.15) is 13.8 Å². The van der Waals surface area contributed by atoms with Crippen molar-refractivity contribution in [3.8, 4) is 0 Å². The molecule has 72 valence electrons. The number of nitrogens with two attached hydrogens (primary N) is 1. The smallest absolute Gasteiger partial charge is 0.321 e. The first kappa shape index (κ1) is 11.7. The lowest BCUT2D eigenvalue weighted by molar-refractivity contribution is -0.139. The largest absolute Gasteiger partial charge is 0.480 e. The third kappa shape index (κ3) is 3.42. The van der Waals surface area contributed by atoms with Crippen LogP contribution < -0.4 is 5.73 Å². The Morgan fingerprint density at radius 1 is 1.67 bits per heavy atom. The van der Waals surface area contributed by atoms with Gasteiger partial charge in [-0.1, -0.05) is 0 Å². The van der Waals surface area contributed by atoms with Crippen molar-refractivity contribution >= 4 is 17.7 Å². The predicted octanol–water partition coefficient (Wildman–Crippen LogP) is -0.0976. The van der Waals surface area contributed by atoms with E-state index in [1.807, 2.05) is 0 Å². The summed E-state index contributed by atoms with van der Waals surface area (Å²) in [6.07, 6.45) is 0. The van der Waals surface area contributed by atoms with Gasteiger partial charge in [-0.05, 0) is 13.8 Å². The Hall–Kier alpha value is -0.260. The first-order valence-corrected chi connectivity index (χ1v) is 4.63. The molecule has 5 heteroatoms. The summed E-state index contributed by atoms with van der Waals surface area (Å²) in [6, 6.07) is -0.894. The van der Waals surface area contributed by atoms with Gasteiger partial charge in [0.25, 0.3) is 0 Å². The lowest BCUT2D eigenvalue weighted by Gasteiger charge is -2.27. The third-order valence-electron chi connectivity index (χ3n) is 1.58. The van der Waals surface area contributed by atoms with Gasteiger partial charge in [0, 0.05) is 10.5 Å². The van der Waals surface area contributed by atoms with E-state index in [1.165, 1.54) is 11.8 Å². The normalized spacial score (nSPS) is 14.3. The molecule has 0 rings (SSSR count). The molecule has 0 aliphatic carbocycles. The highest BCUT2D eigenvalue weighted by Gasteiger charge is 2.31. The molecule has 4 nitrogen and oxygen atoms in total. The van der Waals surface area contributed by atoms with Crippen LogP contribution in [0.3, 0.4) is 0 Å². The first-order chi connectivity index (χ1) is 5.41. The van der Waals surface area contributed by atoms with E-state index < -0.39 is 16.8 Å². The summed E-state index contributed by atoms with van der Waals surface area (Å²) in [5, 5.41) is 17.2. The number of carboxylic acids is 1. The van der Waals surface area contributed by atoms with Crippen LogP contribution in [0, 0.1) is 0 Å². The molecule has 1 atom stereocenters. The highest BCUT2D eigenvalue weighted by atomic mass is 32.2. The topological polar surface area (TPSA) is 83.5 Å². The number of aliphatic hydroxyl groups excluding tert-OH is 1. The highest BCUT2D eigenvalue weighted by Crippen LogP contribution is 2.26. The molecule has 0 spiro atoms. The molecule has 0 aromatic carbocycles. The zero-order chi connectivity index (χ0) is 9.78. The second-order valence-corrected chi connectivity index (χ2v) is 4.74. The Morgan fingerprint density at radius 3 is 2.50 bits per heavy atom. The van der Waals surface area contributed by atoms with Crippen molar-refractivity contribution in [2.75, 3.05) is 12.4 Å². The Labute approximate surface area is 76.1 Å². The number of thioether (sulfide) groups is 1. The minimum absolute atomic E-state index is 0.0421. The fourth-order valence-corrected chi connectivity index (χ4v) is 1.59. The van der Waals surface area contributed by atoms with E-state index in [1.54, 1.807) is 13.8 Å². The maximum absolute atomic E-state index is 10.5. The van der Waals surface area contributed by atoms with Gasteiger partial charge < -0.3 is 15.9 Å². The molecule has 0 aliphatic heterocycles. The first-order valence-electron chi connectivity index (χ1n) is 3.65. The quantitative estimate of drug-likeness (QED) is 0.568. The van der Waals surface area contributed by atoms with Crippen molar-refractivity contribution in [1.82, 2.24) is 0 Å². The molecule has 4 N–H and O–H groups in total. The Bertz CT molecular complexity index is 161. The highest BCUT2D eigenvalue weighted by molar-refractivity contribution is 8.00. The summed E-state index contributed by atoms with van der Waals surface area (Å²) in [5.41, 5.74) is 5.43. The van der Waals surface area contributed by atoms with Crippen molar-refractivity contribution in [1.29, 1.82) is 0 Å². The SMILES string of the molecule is CC(C)(SCCO)[C@H](N)C(=O)O. The molecular weight excluding hydrogens is 178 g/mol. The zero-order valence-electron chi connectivity index (χ0n) is 7.28. The van der Waals surface area contributed by atoms with Crippen molar-refractivity contribution in [2.24, 2.45) is 5.73 Å². The van der Waals surface area contributed by atoms with Gasteiger partial charge in [0.2, 0.25) is 0 Å². The van der Waals surface area contributed by atoms with E-state index in [0.717, 1.165) is 0 Å². The fourth-order valence-electron chi connectivity index (χ4n) is 0.696. The summed E-state index contributed by atoms with van der Waals surface area (Å²) in [4.78, 5) is 10.5. The van der Waals surface area contributed by atoms with E-state index >= 15 is 0 Å². The van der Waals surface area contributed by atoms with Gasteiger partial charge in [-0.15, -0.1) is 0 Å². The third-order valence-corrected chi connectivity index (χ3v) is 2.97. The second-order valence-electron chi connectivity index (χ2n) is 2.99. The maximum Gasteiger partial charge on any atom is 0.321 e. The monoisotopic (exact) mass is 193 g/mol. The van der Waals surface area contributed by atoms with Crippen LogP contribution in [-0.4, -0.2) is 39.3 Å². The van der Waals surface area contributed by atoms with Gasteiger partial charge in [0.05, 0.1) is 6.61 Å². The number of hydrogen-bond donors (Lipinski definition) is 3. The van der Waals surface area contributed by atoms with Crippen molar-refractivity contribution in [3.05, 3.63) is 0 Å². The number of rotatable bonds is 5. The Balaban J connectivity index is 4.08. The molecule has 0 aromatic rings. The van der Waals surface area contributed by atoms with Gasteiger partial charge in [0.15, 0.2) is 0 Å². The Kier molecular flexibility index (Phi) is 4.59. The molecule has 12 heavy (non-hydrogen) atoms. The average molecular weight is 193 g/mol. The number of carbonyl (C=O) groups is 1. The van der Waals surface area contributed by atoms with E-state index in [-0.39, 0.29) is 6.61 Å². The minimum atomic E-state index is -1.01. The molecule has 0 radical (unpaired) electrons. The number of aliphatic hydroxyl groups is 1. The van der Waals surface area contributed by atoms with E-state index in [2.05, 4.69) is 0 Å². The van der Waals surface area contributed by atoms with Gasteiger partial charge in [-0.2, -0.15) is 11.8 Å². The molecule has 0 bridgehead atoms. The van der Waals surface area contributed by atoms with Crippen LogP contribution in [-0.2, 0) is 4.79 Å². The van der Waals surface area contributed by atoms with Crippen molar-refractivity contribution in [2.45, 2.75) is 24.6 Å².